The second-order valence-corrected chi connectivity index (χ2v) is 5.09. The Bertz CT molecular complexity index is 659. The smallest absolute Gasteiger partial charge is 0.340 e. The van der Waals surface area contributed by atoms with Gasteiger partial charge >= 0.3 is 5.97 Å². The lowest BCUT2D eigenvalue weighted by molar-refractivity contribution is 0.0602. The van der Waals surface area contributed by atoms with Gasteiger partial charge in [0.25, 0.3) is 0 Å². The summed E-state index contributed by atoms with van der Waals surface area (Å²) in [7, 11) is 1.31. The Labute approximate surface area is 125 Å². The zero-order valence-electron chi connectivity index (χ0n) is 11.1. The molecular formula is C14H14BrN3O2. The summed E-state index contributed by atoms with van der Waals surface area (Å²) in [4.78, 5) is 15.7. The third-order valence-electron chi connectivity index (χ3n) is 2.77. The summed E-state index contributed by atoms with van der Waals surface area (Å²) in [5.74, 6) is 0.0428. The molecule has 2 aromatic rings. The zero-order chi connectivity index (χ0) is 14.7. The Balaban J connectivity index is 2.29. The van der Waals surface area contributed by atoms with Crippen LogP contribution in [0, 0.1) is 6.92 Å². The van der Waals surface area contributed by atoms with Crippen molar-refractivity contribution in [2.75, 3.05) is 18.2 Å². The number of pyridine rings is 1. The minimum atomic E-state index is -0.486. The molecule has 1 aromatic carbocycles. The van der Waals surface area contributed by atoms with Crippen molar-refractivity contribution in [2.24, 2.45) is 0 Å². The number of nitrogens with zero attached hydrogens (tertiary/aromatic N) is 1. The Morgan fingerprint density at radius 1 is 1.40 bits per heavy atom. The zero-order valence-corrected chi connectivity index (χ0v) is 12.7. The highest BCUT2D eigenvalue weighted by molar-refractivity contribution is 9.10. The number of aromatic nitrogens is 1. The number of halogens is 1. The Morgan fingerprint density at radius 2 is 2.15 bits per heavy atom. The topological polar surface area (TPSA) is 77.2 Å². The first kappa shape index (κ1) is 14.3. The van der Waals surface area contributed by atoms with Crippen molar-refractivity contribution in [3.05, 3.63) is 46.1 Å². The van der Waals surface area contributed by atoms with E-state index in [2.05, 4.69) is 31.0 Å². The van der Waals surface area contributed by atoms with Crippen LogP contribution < -0.4 is 11.1 Å². The highest BCUT2D eigenvalue weighted by Crippen LogP contribution is 2.23. The number of benzene rings is 1. The summed E-state index contributed by atoms with van der Waals surface area (Å²) < 4.78 is 5.71. The van der Waals surface area contributed by atoms with Crippen molar-refractivity contribution >= 4 is 39.1 Å². The fraction of sp³-hybridized carbons (Fsp3) is 0.143. The number of hydrogen-bond donors (Lipinski definition) is 2. The maximum atomic E-state index is 11.6. The molecule has 0 bridgehead atoms. The predicted molar refractivity (Wildman–Crippen MR) is 82.2 cm³/mol. The molecule has 0 aliphatic heterocycles. The van der Waals surface area contributed by atoms with Crippen LogP contribution in [-0.2, 0) is 4.74 Å². The molecule has 1 aromatic heterocycles. The number of hydrogen-bond acceptors (Lipinski definition) is 5. The van der Waals surface area contributed by atoms with Gasteiger partial charge in [0.15, 0.2) is 0 Å². The van der Waals surface area contributed by atoms with Gasteiger partial charge in [-0.05, 0) is 36.8 Å². The molecule has 0 aliphatic carbocycles. The second-order valence-electron chi connectivity index (χ2n) is 4.24. The number of nitrogen functional groups attached to an aromatic ring is 1. The van der Waals surface area contributed by atoms with Crippen molar-refractivity contribution in [3.63, 3.8) is 0 Å². The molecule has 0 aliphatic rings. The minimum absolute atomic E-state index is 0.286. The molecule has 3 N–H and O–H groups in total. The molecule has 20 heavy (non-hydrogen) atoms. The van der Waals surface area contributed by atoms with Crippen molar-refractivity contribution in [1.29, 1.82) is 0 Å². The SMILES string of the molecule is COC(=O)c1cc(Nc2ccc(Br)c(C)c2)ncc1N. The van der Waals surface area contributed by atoms with Crippen LogP contribution in [0.4, 0.5) is 17.2 Å². The summed E-state index contributed by atoms with van der Waals surface area (Å²) in [6, 6.07) is 7.39. The third-order valence-corrected chi connectivity index (χ3v) is 3.66. The van der Waals surface area contributed by atoms with Crippen LogP contribution in [0.5, 0.6) is 0 Å². The molecule has 5 nitrogen and oxygen atoms in total. The number of rotatable bonds is 3. The number of carbonyl (C=O) groups is 1. The number of aryl methyl sites for hydroxylation is 1. The summed E-state index contributed by atoms with van der Waals surface area (Å²) >= 11 is 3.44. The number of nitrogens with two attached hydrogens (primary N) is 1. The summed E-state index contributed by atoms with van der Waals surface area (Å²) in [5.41, 5.74) is 8.25. The average Bonchev–Trinajstić information content (AvgIpc) is 2.44. The highest BCUT2D eigenvalue weighted by Gasteiger charge is 2.11. The van der Waals surface area contributed by atoms with E-state index >= 15 is 0 Å². The number of anilines is 3. The van der Waals surface area contributed by atoms with E-state index in [1.54, 1.807) is 6.07 Å². The predicted octanol–water partition coefficient (Wildman–Crippen LogP) is 3.26. The molecule has 0 unspecified atom stereocenters. The van der Waals surface area contributed by atoms with E-state index in [9.17, 15) is 4.79 Å². The molecule has 2 rings (SSSR count). The molecule has 104 valence electrons. The van der Waals surface area contributed by atoms with Crippen LogP contribution >= 0.6 is 15.9 Å². The average molecular weight is 336 g/mol. The maximum Gasteiger partial charge on any atom is 0.340 e. The highest BCUT2D eigenvalue weighted by atomic mass is 79.9. The second kappa shape index (κ2) is 5.92. The van der Waals surface area contributed by atoms with E-state index in [1.807, 2.05) is 25.1 Å². The van der Waals surface area contributed by atoms with Gasteiger partial charge in [-0.2, -0.15) is 0 Å². The number of methoxy groups -OCH3 is 1. The molecule has 6 heteroatoms. The van der Waals surface area contributed by atoms with Crippen LogP contribution in [-0.4, -0.2) is 18.1 Å². The van der Waals surface area contributed by atoms with E-state index in [0.717, 1.165) is 15.7 Å². The molecule has 0 spiro atoms. The van der Waals surface area contributed by atoms with Crippen LogP contribution in [0.1, 0.15) is 15.9 Å². The number of nitrogens with one attached hydrogen (secondary N) is 1. The fourth-order valence-corrected chi connectivity index (χ4v) is 1.94. The molecule has 0 saturated carbocycles. The van der Waals surface area contributed by atoms with Crippen molar-refractivity contribution < 1.29 is 9.53 Å². The van der Waals surface area contributed by atoms with E-state index in [1.165, 1.54) is 13.3 Å². The first-order valence-corrected chi connectivity index (χ1v) is 6.67. The number of carbonyl (C=O) groups excluding carboxylic acids is 1. The third kappa shape index (κ3) is 3.08. The molecule has 0 saturated heterocycles. The van der Waals surface area contributed by atoms with Crippen molar-refractivity contribution in [3.8, 4) is 0 Å². The standard InChI is InChI=1S/C14H14BrN3O2/c1-8-5-9(3-4-11(8)15)18-13-6-10(14(19)20-2)12(16)7-17-13/h3-7H,16H2,1-2H3,(H,17,18). The summed E-state index contributed by atoms with van der Waals surface area (Å²) in [6.07, 6.45) is 1.43. The van der Waals surface area contributed by atoms with Gasteiger partial charge in [0, 0.05) is 10.2 Å². The molecule has 0 radical (unpaired) electrons. The van der Waals surface area contributed by atoms with Crippen LogP contribution in [0.25, 0.3) is 0 Å². The van der Waals surface area contributed by atoms with Gasteiger partial charge in [-0.3, -0.25) is 0 Å². The first-order chi connectivity index (χ1) is 9.51. The van der Waals surface area contributed by atoms with Crippen molar-refractivity contribution in [2.45, 2.75) is 6.92 Å². The van der Waals surface area contributed by atoms with Gasteiger partial charge in [-0.15, -0.1) is 0 Å². The summed E-state index contributed by atoms with van der Waals surface area (Å²) in [5, 5.41) is 3.12. The van der Waals surface area contributed by atoms with Crippen LogP contribution in [0.2, 0.25) is 0 Å². The van der Waals surface area contributed by atoms with Crippen LogP contribution in [0.15, 0.2) is 34.9 Å². The van der Waals surface area contributed by atoms with Crippen LogP contribution in [0.3, 0.4) is 0 Å². The Kier molecular flexibility index (Phi) is 4.24. The monoisotopic (exact) mass is 335 g/mol. The quantitative estimate of drug-likeness (QED) is 0.842. The van der Waals surface area contributed by atoms with Crippen molar-refractivity contribution in [1.82, 2.24) is 4.98 Å². The molecular weight excluding hydrogens is 322 g/mol. The normalized spacial score (nSPS) is 10.2. The van der Waals surface area contributed by atoms with Gasteiger partial charge in [0.2, 0.25) is 0 Å². The fourth-order valence-electron chi connectivity index (χ4n) is 1.69. The minimum Gasteiger partial charge on any atom is -0.465 e. The lowest BCUT2D eigenvalue weighted by Crippen LogP contribution is -2.07. The van der Waals surface area contributed by atoms with Gasteiger partial charge in [0.1, 0.15) is 5.82 Å². The Hall–Kier alpha value is -2.08. The number of esters is 1. The van der Waals surface area contributed by atoms with E-state index in [0.29, 0.717) is 11.4 Å². The van der Waals surface area contributed by atoms with E-state index < -0.39 is 5.97 Å². The first-order valence-electron chi connectivity index (χ1n) is 5.88. The van der Waals surface area contributed by atoms with E-state index in [4.69, 9.17) is 5.73 Å². The Morgan fingerprint density at radius 3 is 2.80 bits per heavy atom. The number of ether oxygens (including phenoxy) is 1. The largest absolute Gasteiger partial charge is 0.465 e. The van der Waals surface area contributed by atoms with Gasteiger partial charge in [-0.25, -0.2) is 9.78 Å². The molecule has 0 fully saturated rings. The van der Waals surface area contributed by atoms with Gasteiger partial charge in [-0.1, -0.05) is 15.9 Å². The molecule has 1 heterocycles. The summed E-state index contributed by atoms with van der Waals surface area (Å²) in [6.45, 7) is 1.99. The van der Waals surface area contributed by atoms with Gasteiger partial charge < -0.3 is 15.8 Å². The lowest BCUT2D eigenvalue weighted by atomic mass is 10.2. The van der Waals surface area contributed by atoms with Gasteiger partial charge in [0.05, 0.1) is 24.6 Å². The lowest BCUT2D eigenvalue weighted by Gasteiger charge is -2.10. The molecule has 0 amide bonds. The molecule has 0 atom stereocenters. The van der Waals surface area contributed by atoms with E-state index in [-0.39, 0.29) is 5.69 Å². The maximum absolute atomic E-state index is 11.6.